The van der Waals surface area contributed by atoms with Gasteiger partial charge in [0, 0.05) is 17.9 Å². The minimum atomic E-state index is -0.387. The molecule has 0 saturated heterocycles. The zero-order chi connectivity index (χ0) is 16.4. The van der Waals surface area contributed by atoms with Crippen LogP contribution in [0, 0.1) is 0 Å². The first kappa shape index (κ1) is 15.7. The second-order valence-corrected chi connectivity index (χ2v) is 6.53. The first-order valence-corrected chi connectivity index (χ1v) is 8.14. The molecule has 0 aliphatic heterocycles. The van der Waals surface area contributed by atoms with Gasteiger partial charge in [-0.25, -0.2) is 4.79 Å². The Morgan fingerprint density at radius 2 is 2.09 bits per heavy atom. The average Bonchev–Trinajstić information content (AvgIpc) is 2.91. The molecule has 0 spiro atoms. The number of ether oxygens (including phenoxy) is 1. The number of hydrogen-bond donors (Lipinski definition) is 0. The van der Waals surface area contributed by atoms with Gasteiger partial charge in [0.2, 0.25) is 0 Å². The standard InChI is InChI=1S/C16H13ClN2O3S/c1-10(20)22-8-7-19-15-12(9-13(17)23-15)14(18-16(19)21)11-5-3-2-4-6-11/h2-6,9H,7-8H2,1H3. The molecule has 0 unspecified atom stereocenters. The molecular weight excluding hydrogens is 336 g/mol. The largest absolute Gasteiger partial charge is 0.464 e. The van der Waals surface area contributed by atoms with E-state index < -0.39 is 0 Å². The van der Waals surface area contributed by atoms with E-state index in [1.807, 2.05) is 30.3 Å². The molecule has 0 fully saturated rings. The highest BCUT2D eigenvalue weighted by molar-refractivity contribution is 7.22. The third-order valence-electron chi connectivity index (χ3n) is 3.29. The molecule has 0 N–H and O–H groups in total. The van der Waals surface area contributed by atoms with Gasteiger partial charge in [-0.1, -0.05) is 41.9 Å². The lowest BCUT2D eigenvalue weighted by molar-refractivity contribution is -0.141. The van der Waals surface area contributed by atoms with Crippen LogP contribution in [0.5, 0.6) is 0 Å². The molecule has 0 radical (unpaired) electrons. The van der Waals surface area contributed by atoms with E-state index in [0.717, 1.165) is 15.8 Å². The third kappa shape index (κ3) is 3.28. The minimum absolute atomic E-state index is 0.117. The van der Waals surface area contributed by atoms with Gasteiger partial charge < -0.3 is 4.74 Å². The highest BCUT2D eigenvalue weighted by atomic mass is 35.5. The summed E-state index contributed by atoms with van der Waals surface area (Å²) in [5.41, 5.74) is 1.08. The van der Waals surface area contributed by atoms with E-state index in [1.165, 1.54) is 22.8 Å². The van der Waals surface area contributed by atoms with Crippen molar-refractivity contribution < 1.29 is 9.53 Å². The van der Waals surface area contributed by atoms with E-state index >= 15 is 0 Å². The summed E-state index contributed by atoms with van der Waals surface area (Å²) in [7, 11) is 0. The van der Waals surface area contributed by atoms with Gasteiger partial charge in [-0.3, -0.25) is 9.36 Å². The van der Waals surface area contributed by atoms with Crippen LogP contribution >= 0.6 is 22.9 Å². The van der Waals surface area contributed by atoms with Crippen molar-refractivity contribution in [2.45, 2.75) is 13.5 Å². The van der Waals surface area contributed by atoms with E-state index in [4.69, 9.17) is 16.3 Å². The number of carbonyl (C=O) groups is 1. The number of rotatable bonds is 4. The van der Waals surface area contributed by atoms with Crippen molar-refractivity contribution >= 4 is 39.1 Å². The SMILES string of the molecule is CC(=O)OCCn1c(=O)nc(-c2ccccc2)c2cc(Cl)sc21. The first-order chi connectivity index (χ1) is 11.1. The quantitative estimate of drug-likeness (QED) is 0.678. The fourth-order valence-corrected chi connectivity index (χ4v) is 3.55. The average molecular weight is 349 g/mol. The van der Waals surface area contributed by atoms with Crippen molar-refractivity contribution in [1.29, 1.82) is 0 Å². The van der Waals surface area contributed by atoms with Crippen LogP contribution < -0.4 is 5.69 Å². The molecule has 118 valence electrons. The van der Waals surface area contributed by atoms with Crippen LogP contribution in [0.25, 0.3) is 21.5 Å². The van der Waals surface area contributed by atoms with Gasteiger partial charge in [0.1, 0.15) is 11.4 Å². The van der Waals surface area contributed by atoms with Gasteiger partial charge in [-0.05, 0) is 6.07 Å². The van der Waals surface area contributed by atoms with E-state index in [9.17, 15) is 9.59 Å². The number of nitrogens with zero attached hydrogens (tertiary/aromatic N) is 2. The Bertz CT molecular complexity index is 918. The number of halogens is 1. The number of hydrogen-bond acceptors (Lipinski definition) is 5. The number of fused-ring (bicyclic) bond motifs is 1. The number of carbonyl (C=O) groups excluding carboxylic acids is 1. The topological polar surface area (TPSA) is 61.2 Å². The van der Waals surface area contributed by atoms with Gasteiger partial charge in [-0.2, -0.15) is 4.98 Å². The van der Waals surface area contributed by atoms with Crippen LogP contribution in [0.15, 0.2) is 41.2 Å². The molecule has 0 amide bonds. The molecule has 2 aromatic heterocycles. The van der Waals surface area contributed by atoms with Gasteiger partial charge in [0.05, 0.1) is 16.6 Å². The molecule has 0 atom stereocenters. The molecule has 0 bridgehead atoms. The Morgan fingerprint density at radius 1 is 1.35 bits per heavy atom. The summed E-state index contributed by atoms with van der Waals surface area (Å²) in [6, 6.07) is 11.3. The predicted molar refractivity (Wildman–Crippen MR) is 91.0 cm³/mol. The van der Waals surface area contributed by atoms with Crippen LogP contribution in [0.3, 0.4) is 0 Å². The number of benzene rings is 1. The Morgan fingerprint density at radius 3 is 2.78 bits per heavy atom. The highest BCUT2D eigenvalue weighted by Crippen LogP contribution is 2.33. The van der Waals surface area contributed by atoms with Crippen molar-refractivity contribution in [2.75, 3.05) is 6.61 Å². The van der Waals surface area contributed by atoms with Crippen LogP contribution in [0.4, 0.5) is 0 Å². The normalized spacial score (nSPS) is 10.9. The smallest absolute Gasteiger partial charge is 0.349 e. The molecular formula is C16H13ClN2O3S. The number of esters is 1. The number of thiophene rings is 1. The third-order valence-corrected chi connectivity index (χ3v) is 4.58. The van der Waals surface area contributed by atoms with E-state index in [0.29, 0.717) is 10.0 Å². The van der Waals surface area contributed by atoms with Crippen molar-refractivity contribution in [3.63, 3.8) is 0 Å². The van der Waals surface area contributed by atoms with Gasteiger partial charge in [-0.15, -0.1) is 11.3 Å². The highest BCUT2D eigenvalue weighted by Gasteiger charge is 2.15. The summed E-state index contributed by atoms with van der Waals surface area (Å²) >= 11 is 7.45. The maximum absolute atomic E-state index is 12.4. The first-order valence-electron chi connectivity index (χ1n) is 6.95. The molecule has 7 heteroatoms. The summed E-state index contributed by atoms with van der Waals surface area (Å²) in [4.78, 5) is 28.2. The molecule has 0 aliphatic carbocycles. The Balaban J connectivity index is 2.12. The summed E-state index contributed by atoms with van der Waals surface area (Å²) in [6.07, 6.45) is 0. The maximum atomic E-state index is 12.4. The summed E-state index contributed by atoms with van der Waals surface area (Å²) in [5, 5.41) is 0.814. The minimum Gasteiger partial charge on any atom is -0.464 e. The Labute approximate surface area is 141 Å². The van der Waals surface area contributed by atoms with E-state index in [-0.39, 0.29) is 24.8 Å². The summed E-state index contributed by atoms with van der Waals surface area (Å²) in [5.74, 6) is -0.382. The second kappa shape index (κ2) is 6.52. The molecule has 3 rings (SSSR count). The molecule has 3 aromatic rings. The molecule has 5 nitrogen and oxygen atoms in total. The Hall–Kier alpha value is -2.18. The van der Waals surface area contributed by atoms with E-state index in [2.05, 4.69) is 4.98 Å². The Kier molecular flexibility index (Phi) is 4.45. The molecule has 23 heavy (non-hydrogen) atoms. The van der Waals surface area contributed by atoms with E-state index in [1.54, 1.807) is 6.07 Å². The van der Waals surface area contributed by atoms with Crippen LogP contribution in [-0.2, 0) is 16.1 Å². The lowest BCUT2D eigenvalue weighted by Crippen LogP contribution is -2.25. The number of aromatic nitrogens is 2. The van der Waals surface area contributed by atoms with Crippen molar-refractivity contribution in [3.05, 3.63) is 51.2 Å². The zero-order valence-corrected chi connectivity index (χ0v) is 13.9. The van der Waals surface area contributed by atoms with Crippen molar-refractivity contribution in [3.8, 4) is 11.3 Å². The maximum Gasteiger partial charge on any atom is 0.349 e. The molecule has 1 aromatic carbocycles. The molecule has 0 aliphatic rings. The molecule has 0 saturated carbocycles. The summed E-state index contributed by atoms with van der Waals surface area (Å²) in [6.45, 7) is 1.69. The van der Waals surface area contributed by atoms with Crippen molar-refractivity contribution in [2.24, 2.45) is 0 Å². The van der Waals surface area contributed by atoms with Crippen LogP contribution in [0.1, 0.15) is 6.92 Å². The fourth-order valence-electron chi connectivity index (χ4n) is 2.32. The lowest BCUT2D eigenvalue weighted by atomic mass is 10.1. The van der Waals surface area contributed by atoms with Crippen molar-refractivity contribution in [1.82, 2.24) is 9.55 Å². The monoisotopic (exact) mass is 348 g/mol. The second-order valence-electron chi connectivity index (χ2n) is 4.87. The molecule has 2 heterocycles. The van der Waals surface area contributed by atoms with Gasteiger partial charge in [0.25, 0.3) is 0 Å². The predicted octanol–water partition coefficient (Wildman–Crippen LogP) is 3.34. The van der Waals surface area contributed by atoms with Crippen LogP contribution in [-0.4, -0.2) is 22.1 Å². The van der Waals surface area contributed by atoms with Gasteiger partial charge in [0.15, 0.2) is 0 Å². The van der Waals surface area contributed by atoms with Gasteiger partial charge >= 0.3 is 11.7 Å². The van der Waals surface area contributed by atoms with Crippen LogP contribution in [0.2, 0.25) is 4.34 Å². The summed E-state index contributed by atoms with van der Waals surface area (Å²) < 4.78 is 6.98. The zero-order valence-electron chi connectivity index (χ0n) is 12.3. The lowest BCUT2D eigenvalue weighted by Gasteiger charge is -2.09. The fraction of sp³-hybridized carbons (Fsp3) is 0.188.